The summed E-state index contributed by atoms with van der Waals surface area (Å²) in [6, 6.07) is 12.4. The van der Waals surface area contributed by atoms with E-state index in [2.05, 4.69) is 0 Å². The monoisotopic (exact) mass is 402 g/mol. The van der Waals surface area contributed by atoms with Crippen LogP contribution >= 0.6 is 22.9 Å². The summed E-state index contributed by atoms with van der Waals surface area (Å²) in [7, 11) is 0. The molecule has 0 fully saturated rings. The molecule has 0 spiro atoms. The minimum Gasteiger partial charge on any atom is -0.490 e. The molecule has 0 aliphatic carbocycles. The van der Waals surface area contributed by atoms with Gasteiger partial charge in [0.1, 0.15) is 4.88 Å². The quantitative estimate of drug-likeness (QED) is 0.465. The second-order valence-corrected chi connectivity index (χ2v) is 7.38. The van der Waals surface area contributed by atoms with Crippen molar-refractivity contribution < 1.29 is 23.8 Å². The third kappa shape index (κ3) is 3.63. The van der Waals surface area contributed by atoms with E-state index in [1.54, 1.807) is 18.2 Å². The first-order valence-electron chi connectivity index (χ1n) is 8.40. The molecule has 2 heterocycles. The van der Waals surface area contributed by atoms with E-state index in [4.69, 9.17) is 25.8 Å². The van der Waals surface area contributed by atoms with Gasteiger partial charge in [0.2, 0.25) is 0 Å². The van der Waals surface area contributed by atoms with Gasteiger partial charge in [-0.15, -0.1) is 11.3 Å². The molecule has 0 saturated heterocycles. The number of hydrogen-bond acceptors (Lipinski definition) is 6. The smallest absolute Gasteiger partial charge is 0.350 e. The van der Waals surface area contributed by atoms with Gasteiger partial charge in [0.25, 0.3) is 0 Å². The summed E-state index contributed by atoms with van der Waals surface area (Å²) in [6.45, 7) is 0.737. The summed E-state index contributed by atoms with van der Waals surface area (Å²) in [5, 5.41) is 1.15. The topological polar surface area (TPSA) is 61.8 Å². The van der Waals surface area contributed by atoms with Crippen LogP contribution in [-0.4, -0.2) is 31.6 Å². The number of rotatable bonds is 4. The highest BCUT2D eigenvalue weighted by atomic mass is 35.5. The largest absolute Gasteiger partial charge is 0.490 e. The maximum Gasteiger partial charge on any atom is 0.350 e. The van der Waals surface area contributed by atoms with Gasteiger partial charge in [-0.3, -0.25) is 4.79 Å². The zero-order valence-corrected chi connectivity index (χ0v) is 15.8. The molecule has 1 aliphatic heterocycles. The molecule has 0 unspecified atom stereocenters. The van der Waals surface area contributed by atoms with Gasteiger partial charge in [-0.05, 0) is 24.3 Å². The first kappa shape index (κ1) is 17.8. The third-order valence-corrected chi connectivity index (χ3v) is 5.78. The van der Waals surface area contributed by atoms with E-state index in [1.807, 2.05) is 24.3 Å². The molecule has 7 heteroatoms. The number of benzene rings is 2. The average Bonchev–Trinajstić information content (AvgIpc) is 2.87. The number of carbonyl (C=O) groups is 2. The number of ether oxygens (including phenoxy) is 3. The van der Waals surface area contributed by atoms with Gasteiger partial charge in [-0.1, -0.05) is 29.8 Å². The van der Waals surface area contributed by atoms with E-state index in [0.29, 0.717) is 40.2 Å². The number of esters is 1. The van der Waals surface area contributed by atoms with Crippen LogP contribution in [0.1, 0.15) is 26.5 Å². The van der Waals surface area contributed by atoms with Gasteiger partial charge >= 0.3 is 5.97 Å². The van der Waals surface area contributed by atoms with Crippen molar-refractivity contribution in [2.24, 2.45) is 0 Å². The SMILES string of the molecule is O=C(COC(=O)c1sc2ccccc2c1Cl)c1ccc2c(c1)OCCCO2. The molecule has 0 radical (unpaired) electrons. The number of thiophene rings is 1. The Labute approximate surface area is 164 Å². The Hall–Kier alpha value is -2.57. The number of fused-ring (bicyclic) bond motifs is 2. The van der Waals surface area contributed by atoms with Gasteiger partial charge in [0.15, 0.2) is 23.9 Å². The van der Waals surface area contributed by atoms with Gasteiger partial charge < -0.3 is 14.2 Å². The first-order chi connectivity index (χ1) is 13.1. The van der Waals surface area contributed by atoms with Crippen molar-refractivity contribution in [3.8, 4) is 11.5 Å². The molecule has 0 N–H and O–H groups in total. The van der Waals surface area contributed by atoms with Crippen LogP contribution in [0.3, 0.4) is 0 Å². The van der Waals surface area contributed by atoms with E-state index in [9.17, 15) is 9.59 Å². The number of halogens is 1. The van der Waals surface area contributed by atoms with E-state index < -0.39 is 5.97 Å². The van der Waals surface area contributed by atoms with Crippen molar-refractivity contribution in [1.29, 1.82) is 0 Å². The summed E-state index contributed by atoms with van der Waals surface area (Å²) in [5.74, 6) is 0.204. The maximum absolute atomic E-state index is 12.4. The van der Waals surface area contributed by atoms with Crippen LogP contribution < -0.4 is 9.47 Å². The van der Waals surface area contributed by atoms with E-state index in [-0.39, 0.29) is 12.4 Å². The zero-order valence-electron chi connectivity index (χ0n) is 14.2. The van der Waals surface area contributed by atoms with Crippen LogP contribution in [0.15, 0.2) is 42.5 Å². The highest BCUT2D eigenvalue weighted by Gasteiger charge is 2.20. The van der Waals surface area contributed by atoms with Gasteiger partial charge in [-0.2, -0.15) is 0 Å². The number of hydrogen-bond donors (Lipinski definition) is 0. The molecular formula is C20H15ClO5S. The molecule has 27 heavy (non-hydrogen) atoms. The van der Waals surface area contributed by atoms with E-state index in [1.165, 1.54) is 11.3 Å². The Balaban J connectivity index is 1.46. The lowest BCUT2D eigenvalue weighted by Crippen LogP contribution is -2.14. The van der Waals surface area contributed by atoms with Crippen molar-refractivity contribution in [3.05, 3.63) is 57.9 Å². The summed E-state index contributed by atoms with van der Waals surface area (Å²) >= 11 is 7.52. The molecule has 1 aromatic heterocycles. The van der Waals surface area contributed by atoms with E-state index in [0.717, 1.165) is 16.5 Å². The third-order valence-electron chi connectivity index (χ3n) is 4.12. The highest BCUT2D eigenvalue weighted by Crippen LogP contribution is 2.35. The first-order valence-corrected chi connectivity index (χ1v) is 9.60. The Morgan fingerprint density at radius 2 is 1.85 bits per heavy atom. The molecule has 0 atom stereocenters. The van der Waals surface area contributed by atoms with Crippen molar-refractivity contribution in [3.63, 3.8) is 0 Å². The van der Waals surface area contributed by atoms with Crippen molar-refractivity contribution in [2.45, 2.75) is 6.42 Å². The zero-order chi connectivity index (χ0) is 18.8. The van der Waals surface area contributed by atoms with Crippen LogP contribution in [0.25, 0.3) is 10.1 Å². The fourth-order valence-electron chi connectivity index (χ4n) is 2.76. The predicted octanol–water partition coefficient (Wildman–Crippen LogP) is 4.76. The Morgan fingerprint density at radius 3 is 2.67 bits per heavy atom. The lowest BCUT2D eigenvalue weighted by Gasteiger charge is -2.09. The van der Waals surface area contributed by atoms with Crippen molar-refractivity contribution >= 4 is 44.8 Å². The second-order valence-electron chi connectivity index (χ2n) is 5.95. The number of carbonyl (C=O) groups excluding carboxylic acids is 2. The molecule has 3 aromatic rings. The summed E-state index contributed by atoms with van der Waals surface area (Å²) < 4.78 is 17.2. The molecule has 4 rings (SSSR count). The maximum atomic E-state index is 12.4. The molecule has 0 bridgehead atoms. The summed E-state index contributed by atoms with van der Waals surface area (Å²) in [5.41, 5.74) is 0.398. The van der Waals surface area contributed by atoms with Gasteiger partial charge in [0, 0.05) is 22.1 Å². The molecular weight excluding hydrogens is 388 g/mol. The molecule has 1 aliphatic rings. The molecule has 138 valence electrons. The van der Waals surface area contributed by atoms with Gasteiger partial charge in [0.05, 0.1) is 18.2 Å². The fraction of sp³-hybridized carbons (Fsp3) is 0.200. The second kappa shape index (κ2) is 7.58. The van der Waals surface area contributed by atoms with Crippen LogP contribution in [0.2, 0.25) is 5.02 Å². The number of Topliss-reactive ketones (excluding diaryl/α,β-unsaturated/α-hetero) is 1. The van der Waals surface area contributed by atoms with Gasteiger partial charge in [-0.25, -0.2) is 4.79 Å². The molecule has 0 saturated carbocycles. The minimum absolute atomic E-state index is 0.296. The summed E-state index contributed by atoms with van der Waals surface area (Å²) in [4.78, 5) is 25.1. The minimum atomic E-state index is -0.608. The van der Waals surface area contributed by atoms with Crippen LogP contribution in [0.5, 0.6) is 11.5 Å². The number of ketones is 1. The molecule has 5 nitrogen and oxygen atoms in total. The fourth-order valence-corrected chi connectivity index (χ4v) is 4.16. The average molecular weight is 403 g/mol. The standard InChI is InChI=1S/C20H15ClO5S/c21-18-13-4-1-2-5-17(13)27-19(18)20(23)26-11-14(22)12-6-7-15-16(10-12)25-9-3-8-24-15/h1-2,4-7,10H,3,8-9,11H2. The Morgan fingerprint density at radius 1 is 1.07 bits per heavy atom. The molecule has 0 amide bonds. The van der Waals surface area contributed by atoms with Crippen LogP contribution in [0.4, 0.5) is 0 Å². The lowest BCUT2D eigenvalue weighted by molar-refractivity contribution is 0.0480. The van der Waals surface area contributed by atoms with E-state index >= 15 is 0 Å². The lowest BCUT2D eigenvalue weighted by atomic mass is 10.1. The van der Waals surface area contributed by atoms with Crippen molar-refractivity contribution in [2.75, 3.05) is 19.8 Å². The normalized spacial score (nSPS) is 13.2. The van der Waals surface area contributed by atoms with Crippen molar-refractivity contribution in [1.82, 2.24) is 0 Å². The van der Waals surface area contributed by atoms with Crippen LogP contribution in [-0.2, 0) is 4.74 Å². The highest BCUT2D eigenvalue weighted by molar-refractivity contribution is 7.21. The molecule has 2 aromatic carbocycles. The van der Waals surface area contributed by atoms with Crippen LogP contribution in [0, 0.1) is 0 Å². The summed E-state index contributed by atoms with van der Waals surface area (Å²) in [6.07, 6.45) is 0.783. The predicted molar refractivity (Wildman–Crippen MR) is 103 cm³/mol. The Bertz CT molecular complexity index is 1030. The Kier molecular flexibility index (Phi) is 5.01.